The number of aryl methyl sites for hydroxylation is 2. The Bertz CT molecular complexity index is 2530. The normalized spacial score (nSPS) is 29.5. The zero-order chi connectivity index (χ0) is 57.6. The van der Waals surface area contributed by atoms with E-state index in [1.54, 1.807) is 37.7 Å². The maximum absolute atomic E-state index is 15.3. The molecule has 6 fully saturated rings. The van der Waals surface area contributed by atoms with Crippen LogP contribution in [0.3, 0.4) is 0 Å². The van der Waals surface area contributed by atoms with Gasteiger partial charge in [-0.3, -0.25) is 38.4 Å². The van der Waals surface area contributed by atoms with Gasteiger partial charge in [0.1, 0.15) is 17.9 Å². The Balaban J connectivity index is 0.00000484. The molecule has 2 aliphatic heterocycles. The third kappa shape index (κ3) is 13.4. The highest BCUT2D eigenvalue weighted by atomic mass is 35.5. The molecule has 6 amide bonds. The molecule has 2 heterocycles. The quantitative estimate of drug-likeness (QED) is 0.0881. The summed E-state index contributed by atoms with van der Waals surface area (Å²) in [6.45, 7) is 15.3. The van der Waals surface area contributed by atoms with Gasteiger partial charge in [0.2, 0.25) is 35.4 Å². The summed E-state index contributed by atoms with van der Waals surface area (Å²) in [5, 5.41) is 19.1. The first-order valence-electron chi connectivity index (χ1n) is 30.2. The summed E-state index contributed by atoms with van der Waals surface area (Å²) in [4.78, 5) is 120. The van der Waals surface area contributed by atoms with Crippen LogP contribution in [-0.4, -0.2) is 126 Å². The fourth-order valence-corrected chi connectivity index (χ4v) is 15.7. The summed E-state index contributed by atoms with van der Waals surface area (Å²) in [5.41, 5.74) is 1.70. The minimum absolute atomic E-state index is 0. The molecule has 452 valence electrons. The fraction of sp³-hybridized carbons (Fsp3) is 0.688. The lowest BCUT2D eigenvalue weighted by molar-refractivity contribution is -0.168. The minimum atomic E-state index is -0.937. The van der Waals surface area contributed by atoms with Crippen LogP contribution >= 0.6 is 24.8 Å². The monoisotopic (exact) mass is 1170 g/mol. The van der Waals surface area contributed by atoms with Crippen molar-refractivity contribution in [1.29, 1.82) is 0 Å². The van der Waals surface area contributed by atoms with E-state index in [2.05, 4.69) is 56.2 Å². The second-order valence-corrected chi connectivity index (χ2v) is 27.9. The molecule has 0 aromatic heterocycles. The number of hydrogen-bond donors (Lipinski definition) is 6. The standard InChI is InChI=1S/C64H92N8O8.2ClH/c1-37(65-9)52(73)29-48(61(3,4)5)57(77)72-35-45(28-51(72)56(76)69-49-24-16-20-42-18-12-14-23-47(42)49)68-60(80)64-32-39-25-40(33-64)31-63(30-39,36-64)59(79)67-44-27-50(53(74)26-43-21-15-19-41-17-11-13-22-46(41)43)71(34-44)58(78)54(62(6,7)8)70-55(75)38(2)66-10;;/h11-14,17-18,22-23,37-40,43-45,48-51,54,65-66H,15-16,19-21,24-36H2,1-10H3,(H,67,79)(H,68,80)(H,69,76)(H,70,75);2*1H/t37-,38-,39?,40?,43-,44-,45-,48+,49+,50-,51-,54+,63?,64?;;/m0../s1. The van der Waals surface area contributed by atoms with Gasteiger partial charge in [-0.25, -0.2) is 0 Å². The summed E-state index contributed by atoms with van der Waals surface area (Å²) >= 11 is 0. The van der Waals surface area contributed by atoms with Crippen molar-refractivity contribution >= 4 is 71.8 Å². The molecule has 2 saturated heterocycles. The second-order valence-electron chi connectivity index (χ2n) is 27.9. The van der Waals surface area contributed by atoms with E-state index in [-0.39, 0.29) is 134 Å². The lowest BCUT2D eigenvalue weighted by atomic mass is 9.43. The van der Waals surface area contributed by atoms with Gasteiger partial charge in [-0.15, -0.1) is 24.8 Å². The largest absolute Gasteiger partial charge is 0.351 e. The molecular weight excluding hydrogens is 1080 g/mol. The van der Waals surface area contributed by atoms with E-state index in [0.717, 1.165) is 50.5 Å². The molecule has 82 heavy (non-hydrogen) atoms. The Hall–Kier alpha value is -4.90. The van der Waals surface area contributed by atoms with Crippen LogP contribution in [0, 0.1) is 39.4 Å². The maximum Gasteiger partial charge on any atom is 0.246 e. The van der Waals surface area contributed by atoms with E-state index in [9.17, 15) is 24.0 Å². The third-order valence-electron chi connectivity index (χ3n) is 20.1. The summed E-state index contributed by atoms with van der Waals surface area (Å²) in [6, 6.07) is 11.5. The Morgan fingerprint density at radius 2 is 1.13 bits per heavy atom. The molecule has 12 atom stereocenters. The first-order chi connectivity index (χ1) is 37.8. The molecule has 10 rings (SSSR count). The Kier molecular flexibility index (Phi) is 20.3. The van der Waals surface area contributed by atoms with Crippen LogP contribution < -0.4 is 31.9 Å². The number of likely N-dealkylation sites (tertiary alicyclic amines) is 2. The number of nitrogens with one attached hydrogen (secondary N) is 6. The van der Waals surface area contributed by atoms with E-state index >= 15 is 14.4 Å². The molecule has 0 spiro atoms. The number of likely N-dealkylation sites (N-methyl/N-ethyl adjacent to an activating group) is 2. The number of rotatable bonds is 18. The van der Waals surface area contributed by atoms with Crippen molar-refractivity contribution in [1.82, 2.24) is 41.7 Å². The number of carbonyl (C=O) groups is 8. The van der Waals surface area contributed by atoms with Crippen molar-refractivity contribution in [3.8, 4) is 0 Å². The fourth-order valence-electron chi connectivity index (χ4n) is 15.7. The summed E-state index contributed by atoms with van der Waals surface area (Å²) in [7, 11) is 3.40. The zero-order valence-electron chi connectivity index (χ0n) is 50.3. The van der Waals surface area contributed by atoms with Gasteiger partial charge in [0.05, 0.1) is 35.0 Å². The molecule has 6 N–H and O–H groups in total. The van der Waals surface area contributed by atoms with Crippen LogP contribution in [-0.2, 0) is 51.2 Å². The molecular formula is C64H94Cl2N8O8. The number of fused-ring (bicyclic) bond motifs is 2. The first kappa shape index (κ1) is 64.7. The Morgan fingerprint density at radius 3 is 1.68 bits per heavy atom. The maximum atomic E-state index is 15.3. The van der Waals surface area contributed by atoms with E-state index in [1.807, 2.05) is 65.8 Å². The highest BCUT2D eigenvalue weighted by Gasteiger charge is 2.64. The molecule has 4 saturated carbocycles. The molecule has 0 radical (unpaired) electrons. The molecule has 18 heteroatoms. The minimum Gasteiger partial charge on any atom is -0.351 e. The smallest absolute Gasteiger partial charge is 0.246 e. The van der Waals surface area contributed by atoms with Crippen LogP contribution in [0.5, 0.6) is 0 Å². The second kappa shape index (κ2) is 25.8. The molecule has 6 aliphatic carbocycles. The van der Waals surface area contributed by atoms with Gasteiger partial charge < -0.3 is 41.7 Å². The van der Waals surface area contributed by atoms with Crippen LogP contribution in [0.4, 0.5) is 0 Å². The SMILES string of the molecule is CN[C@@H](C)C(=O)C[C@H](C(=O)N1C[C@@H](NC(=O)C23CC4CC(C2)CC(C(=O)N[C@H]2C[C@@H](C(=O)C[C@@H]5CCCc6ccccc65)N(C(=O)[C@@H](NC(=O)[C@H](C)NC)C(C)(C)C)C2)(C4)C3)C[C@H]1C(=O)N[C@@H]1CCCc2ccccc21)C(C)(C)C.Cl.Cl. The summed E-state index contributed by atoms with van der Waals surface area (Å²) in [6.07, 6.45) is 9.98. The van der Waals surface area contributed by atoms with Crippen molar-refractivity contribution in [3.63, 3.8) is 0 Å². The highest BCUT2D eigenvalue weighted by Crippen LogP contribution is 2.65. The number of amides is 6. The predicted molar refractivity (Wildman–Crippen MR) is 321 cm³/mol. The van der Waals surface area contributed by atoms with Gasteiger partial charge >= 0.3 is 0 Å². The van der Waals surface area contributed by atoms with Gasteiger partial charge in [-0.05, 0) is 169 Å². The average molecular weight is 1170 g/mol. The molecule has 8 aliphatic rings. The third-order valence-corrected chi connectivity index (χ3v) is 20.1. The van der Waals surface area contributed by atoms with E-state index < -0.39 is 69.9 Å². The topological polar surface area (TPSA) is 215 Å². The molecule has 4 bridgehead atoms. The van der Waals surface area contributed by atoms with Gasteiger partial charge in [0, 0.05) is 43.9 Å². The number of carbonyl (C=O) groups excluding carboxylic acids is 8. The van der Waals surface area contributed by atoms with Gasteiger partial charge in [-0.1, -0.05) is 90.1 Å². The number of Topliss-reactive ketones (excluding diaryl/α,β-unsaturated/α-hetero) is 2. The van der Waals surface area contributed by atoms with Crippen LogP contribution in [0.25, 0.3) is 0 Å². The lowest BCUT2D eigenvalue weighted by Crippen LogP contribution is -2.63. The number of hydrogen-bond acceptors (Lipinski definition) is 10. The molecule has 2 aromatic rings. The summed E-state index contributed by atoms with van der Waals surface area (Å²) in [5.74, 6) is -2.09. The van der Waals surface area contributed by atoms with E-state index in [4.69, 9.17) is 0 Å². The van der Waals surface area contributed by atoms with Crippen molar-refractivity contribution in [2.24, 2.45) is 39.4 Å². The molecule has 16 nitrogen and oxygen atoms in total. The summed E-state index contributed by atoms with van der Waals surface area (Å²) < 4.78 is 0. The zero-order valence-corrected chi connectivity index (χ0v) is 51.9. The molecule has 2 unspecified atom stereocenters. The van der Waals surface area contributed by atoms with E-state index in [1.165, 1.54) is 16.7 Å². The number of halogens is 2. The van der Waals surface area contributed by atoms with Crippen LogP contribution in [0.1, 0.15) is 179 Å². The average Bonchev–Trinajstić information content (AvgIpc) is 3.68. The number of nitrogens with zero attached hydrogens (tertiary/aromatic N) is 2. The predicted octanol–water partition coefficient (Wildman–Crippen LogP) is 7.23. The van der Waals surface area contributed by atoms with Crippen LogP contribution in [0.15, 0.2) is 48.5 Å². The lowest BCUT2D eigenvalue weighted by Gasteiger charge is -2.60. The number of benzene rings is 2. The van der Waals surface area contributed by atoms with Crippen LogP contribution in [0.2, 0.25) is 0 Å². The Morgan fingerprint density at radius 1 is 0.622 bits per heavy atom. The molecule has 2 aromatic carbocycles. The van der Waals surface area contributed by atoms with Crippen molar-refractivity contribution in [3.05, 3.63) is 70.8 Å². The van der Waals surface area contributed by atoms with Crippen molar-refractivity contribution in [2.45, 2.75) is 212 Å². The van der Waals surface area contributed by atoms with Gasteiger partial charge in [0.15, 0.2) is 5.78 Å². The Labute approximate surface area is 499 Å². The van der Waals surface area contributed by atoms with Gasteiger partial charge in [0.25, 0.3) is 0 Å². The van der Waals surface area contributed by atoms with Gasteiger partial charge in [-0.2, -0.15) is 0 Å². The van der Waals surface area contributed by atoms with Crippen molar-refractivity contribution in [2.75, 3.05) is 27.2 Å². The van der Waals surface area contributed by atoms with Crippen molar-refractivity contribution < 1.29 is 38.4 Å². The first-order valence-corrected chi connectivity index (χ1v) is 30.2. The van der Waals surface area contributed by atoms with E-state index in [0.29, 0.717) is 32.1 Å². The highest BCUT2D eigenvalue weighted by molar-refractivity contribution is 5.96. The number of ketones is 2.